The highest BCUT2D eigenvalue weighted by molar-refractivity contribution is 6.04. The van der Waals surface area contributed by atoms with Crippen LogP contribution >= 0.6 is 0 Å². The molecular weight excluding hydrogens is 264 g/mol. The maximum Gasteiger partial charge on any atom is 0.181 e. The first kappa shape index (κ1) is 15.3. The molecule has 3 heteroatoms. The second-order valence-electron chi connectivity index (χ2n) is 4.77. The highest BCUT2D eigenvalue weighted by atomic mass is 16.5. The predicted molar refractivity (Wildman–Crippen MR) is 84.3 cm³/mol. The average molecular weight is 284 g/mol. The van der Waals surface area contributed by atoms with Crippen molar-refractivity contribution in [1.82, 2.24) is 0 Å². The Morgan fingerprint density at radius 2 is 2.19 bits per heavy atom. The van der Waals surface area contributed by atoms with Crippen LogP contribution in [-0.2, 0) is 9.53 Å². The van der Waals surface area contributed by atoms with Gasteiger partial charge >= 0.3 is 0 Å². The lowest BCUT2D eigenvalue weighted by molar-refractivity contribution is -0.111. The standard InChI is InChI=1S/C18H20O3/c1-20-12-13-21-17-10-5-7-15(14-17)6-4-9-16-8-2-3-11-18(16)19/h3-7,9-11,14H,2,8,12-13H2,1H3/b6-4+,16-9+. The number of allylic oxidation sites excluding steroid dienone is 5. The topological polar surface area (TPSA) is 35.5 Å². The molecule has 0 spiro atoms. The zero-order valence-electron chi connectivity index (χ0n) is 12.2. The summed E-state index contributed by atoms with van der Waals surface area (Å²) < 4.78 is 10.5. The van der Waals surface area contributed by atoms with Crippen LogP contribution in [0, 0.1) is 0 Å². The Bertz CT molecular complexity index is 568. The summed E-state index contributed by atoms with van der Waals surface area (Å²) in [7, 11) is 1.65. The Hall–Kier alpha value is -2.13. The number of carbonyl (C=O) groups is 1. The van der Waals surface area contributed by atoms with Crippen molar-refractivity contribution in [3.8, 4) is 5.75 Å². The van der Waals surface area contributed by atoms with Gasteiger partial charge in [0.25, 0.3) is 0 Å². The summed E-state index contributed by atoms with van der Waals surface area (Å²) in [4.78, 5) is 11.6. The molecule has 2 rings (SSSR count). The van der Waals surface area contributed by atoms with Crippen LogP contribution in [0.1, 0.15) is 18.4 Å². The number of ketones is 1. The van der Waals surface area contributed by atoms with Crippen LogP contribution in [0.5, 0.6) is 5.75 Å². The molecule has 3 nitrogen and oxygen atoms in total. The Labute approximate surface area is 125 Å². The van der Waals surface area contributed by atoms with E-state index in [2.05, 4.69) is 0 Å². The summed E-state index contributed by atoms with van der Waals surface area (Å²) in [6, 6.07) is 7.83. The molecule has 1 aromatic rings. The van der Waals surface area contributed by atoms with E-state index in [4.69, 9.17) is 9.47 Å². The van der Waals surface area contributed by atoms with Crippen molar-refractivity contribution in [1.29, 1.82) is 0 Å². The molecule has 0 heterocycles. The SMILES string of the molecule is COCCOc1cccc(/C=C/C=C2\CCC=CC2=O)c1. The third kappa shape index (κ3) is 5.04. The summed E-state index contributed by atoms with van der Waals surface area (Å²) in [5, 5.41) is 0. The molecule has 0 aromatic heterocycles. The minimum absolute atomic E-state index is 0.113. The fourth-order valence-corrected chi connectivity index (χ4v) is 2.05. The Morgan fingerprint density at radius 1 is 1.29 bits per heavy atom. The summed E-state index contributed by atoms with van der Waals surface area (Å²) in [6.45, 7) is 1.11. The van der Waals surface area contributed by atoms with Crippen molar-refractivity contribution in [2.45, 2.75) is 12.8 Å². The van der Waals surface area contributed by atoms with Crippen molar-refractivity contribution in [2.24, 2.45) is 0 Å². The molecule has 0 bridgehead atoms. The highest BCUT2D eigenvalue weighted by Crippen LogP contribution is 2.16. The van der Waals surface area contributed by atoms with E-state index in [1.807, 2.05) is 48.6 Å². The van der Waals surface area contributed by atoms with Gasteiger partial charge in [0.2, 0.25) is 0 Å². The molecule has 0 amide bonds. The van der Waals surface area contributed by atoms with E-state index >= 15 is 0 Å². The summed E-state index contributed by atoms with van der Waals surface area (Å²) in [6.07, 6.45) is 11.1. The van der Waals surface area contributed by atoms with E-state index in [9.17, 15) is 4.79 Å². The van der Waals surface area contributed by atoms with Crippen LogP contribution < -0.4 is 4.74 Å². The minimum Gasteiger partial charge on any atom is -0.491 e. The molecule has 0 atom stereocenters. The number of methoxy groups -OCH3 is 1. The van der Waals surface area contributed by atoms with Crippen LogP contribution in [0.25, 0.3) is 6.08 Å². The minimum atomic E-state index is 0.113. The van der Waals surface area contributed by atoms with Gasteiger partial charge in [-0.25, -0.2) is 0 Å². The zero-order valence-corrected chi connectivity index (χ0v) is 12.2. The lowest BCUT2D eigenvalue weighted by Crippen LogP contribution is -2.04. The maximum atomic E-state index is 11.6. The lowest BCUT2D eigenvalue weighted by atomic mass is 9.99. The molecule has 0 aliphatic heterocycles. The number of hydrogen-bond donors (Lipinski definition) is 0. The second kappa shape index (κ2) is 8.22. The van der Waals surface area contributed by atoms with E-state index in [-0.39, 0.29) is 5.78 Å². The van der Waals surface area contributed by atoms with E-state index in [1.54, 1.807) is 13.2 Å². The van der Waals surface area contributed by atoms with Crippen molar-refractivity contribution < 1.29 is 14.3 Å². The molecule has 0 unspecified atom stereocenters. The molecule has 0 saturated heterocycles. The quantitative estimate of drug-likeness (QED) is 0.592. The first-order valence-corrected chi connectivity index (χ1v) is 7.09. The largest absolute Gasteiger partial charge is 0.491 e. The third-order valence-corrected chi connectivity index (χ3v) is 3.17. The van der Waals surface area contributed by atoms with Gasteiger partial charge in [0.15, 0.2) is 5.78 Å². The van der Waals surface area contributed by atoms with Crippen LogP contribution in [0.15, 0.2) is 54.1 Å². The molecule has 1 aliphatic carbocycles. The van der Waals surface area contributed by atoms with Gasteiger partial charge in [0.05, 0.1) is 6.61 Å². The zero-order chi connectivity index (χ0) is 14.9. The van der Waals surface area contributed by atoms with Crippen LogP contribution in [-0.4, -0.2) is 26.1 Å². The van der Waals surface area contributed by atoms with Crippen LogP contribution in [0.4, 0.5) is 0 Å². The number of carbonyl (C=O) groups excluding carboxylic acids is 1. The van der Waals surface area contributed by atoms with E-state index in [1.165, 1.54) is 0 Å². The normalized spacial score (nSPS) is 16.8. The lowest BCUT2D eigenvalue weighted by Gasteiger charge is -2.06. The molecule has 21 heavy (non-hydrogen) atoms. The van der Waals surface area contributed by atoms with Crippen LogP contribution in [0.3, 0.4) is 0 Å². The molecule has 0 radical (unpaired) electrons. The average Bonchev–Trinajstić information content (AvgIpc) is 2.50. The van der Waals surface area contributed by atoms with Crippen molar-refractivity contribution in [3.63, 3.8) is 0 Å². The molecule has 0 saturated carbocycles. The van der Waals surface area contributed by atoms with Gasteiger partial charge in [-0.2, -0.15) is 0 Å². The molecule has 0 N–H and O–H groups in total. The Balaban J connectivity index is 1.97. The summed E-state index contributed by atoms with van der Waals surface area (Å²) in [5.41, 5.74) is 1.90. The molecule has 110 valence electrons. The number of benzene rings is 1. The van der Waals surface area contributed by atoms with Crippen molar-refractivity contribution in [2.75, 3.05) is 20.3 Å². The fraction of sp³-hybridized carbons (Fsp3) is 0.278. The number of ether oxygens (including phenoxy) is 2. The first-order valence-electron chi connectivity index (χ1n) is 7.09. The Kier molecular flexibility index (Phi) is 5.98. The van der Waals surface area contributed by atoms with Gasteiger partial charge in [0, 0.05) is 7.11 Å². The first-order chi connectivity index (χ1) is 10.3. The van der Waals surface area contributed by atoms with Gasteiger partial charge in [-0.1, -0.05) is 36.4 Å². The van der Waals surface area contributed by atoms with Gasteiger partial charge in [0.1, 0.15) is 12.4 Å². The van der Waals surface area contributed by atoms with Gasteiger partial charge in [-0.05, 0) is 42.2 Å². The monoisotopic (exact) mass is 284 g/mol. The predicted octanol–water partition coefficient (Wildman–Crippen LogP) is 3.57. The fourth-order valence-electron chi connectivity index (χ4n) is 2.05. The number of hydrogen-bond acceptors (Lipinski definition) is 3. The Morgan fingerprint density at radius 3 is 3.00 bits per heavy atom. The van der Waals surface area contributed by atoms with E-state index < -0.39 is 0 Å². The van der Waals surface area contributed by atoms with Crippen molar-refractivity contribution in [3.05, 3.63) is 59.7 Å². The summed E-state index contributed by atoms with van der Waals surface area (Å²) in [5.74, 6) is 0.932. The highest BCUT2D eigenvalue weighted by Gasteiger charge is 2.07. The second-order valence-corrected chi connectivity index (χ2v) is 4.77. The smallest absolute Gasteiger partial charge is 0.181 e. The number of rotatable bonds is 6. The molecule has 1 aliphatic rings. The van der Waals surface area contributed by atoms with E-state index in [0.29, 0.717) is 13.2 Å². The van der Waals surface area contributed by atoms with Gasteiger partial charge < -0.3 is 9.47 Å². The van der Waals surface area contributed by atoms with E-state index in [0.717, 1.165) is 29.7 Å². The van der Waals surface area contributed by atoms with Gasteiger partial charge in [-0.3, -0.25) is 4.79 Å². The van der Waals surface area contributed by atoms with Crippen LogP contribution in [0.2, 0.25) is 0 Å². The third-order valence-electron chi connectivity index (χ3n) is 3.17. The maximum absolute atomic E-state index is 11.6. The van der Waals surface area contributed by atoms with Gasteiger partial charge in [-0.15, -0.1) is 0 Å². The molecule has 1 aromatic carbocycles. The summed E-state index contributed by atoms with van der Waals surface area (Å²) >= 11 is 0. The molecule has 0 fully saturated rings. The van der Waals surface area contributed by atoms with Crippen molar-refractivity contribution >= 4 is 11.9 Å². The molecular formula is C18H20O3.